The van der Waals surface area contributed by atoms with Gasteiger partial charge in [-0.3, -0.25) is 4.79 Å². The molecule has 96 valence electrons. The molecular formula is C14H11FN2O2. The van der Waals surface area contributed by atoms with Crippen LogP contribution in [0.5, 0.6) is 5.75 Å². The van der Waals surface area contributed by atoms with Crippen LogP contribution in [-0.4, -0.2) is 24.0 Å². The minimum atomic E-state index is -0.598. The summed E-state index contributed by atoms with van der Waals surface area (Å²) in [5.41, 5.74) is 1.08. The second-order valence-electron chi connectivity index (χ2n) is 4.14. The molecule has 0 fully saturated rings. The Hall–Kier alpha value is -2.43. The Bertz CT molecular complexity index is 613. The van der Waals surface area contributed by atoms with E-state index in [9.17, 15) is 9.18 Å². The highest BCUT2D eigenvalue weighted by Crippen LogP contribution is 2.31. The van der Waals surface area contributed by atoms with Gasteiger partial charge in [-0.1, -0.05) is 12.1 Å². The minimum Gasteiger partial charge on any atom is -0.490 e. The number of carbonyl (C=O) groups excluding carboxylic acids is 1. The van der Waals surface area contributed by atoms with Crippen LogP contribution in [0.4, 0.5) is 10.1 Å². The van der Waals surface area contributed by atoms with E-state index in [1.165, 1.54) is 18.3 Å². The molecule has 0 saturated carbocycles. The fourth-order valence-electron chi connectivity index (χ4n) is 2.04. The molecule has 0 unspecified atom stereocenters. The molecule has 2 aromatic rings. The van der Waals surface area contributed by atoms with Crippen LogP contribution in [0.3, 0.4) is 0 Å². The number of benzene rings is 1. The lowest BCUT2D eigenvalue weighted by Gasteiger charge is -2.29. The van der Waals surface area contributed by atoms with Crippen molar-refractivity contribution in [1.82, 2.24) is 4.98 Å². The first-order chi connectivity index (χ1) is 9.25. The summed E-state index contributed by atoms with van der Waals surface area (Å²) in [6.45, 7) is 0.907. The third-order valence-corrected chi connectivity index (χ3v) is 2.95. The monoisotopic (exact) mass is 258 g/mol. The Morgan fingerprint density at radius 3 is 2.89 bits per heavy atom. The lowest BCUT2D eigenvalue weighted by molar-refractivity contribution is 0.0976. The number of amides is 1. The number of hydrogen-bond donors (Lipinski definition) is 0. The first-order valence-corrected chi connectivity index (χ1v) is 5.91. The molecule has 3 rings (SSSR count). The summed E-state index contributed by atoms with van der Waals surface area (Å²) in [5, 5.41) is 0. The van der Waals surface area contributed by atoms with E-state index in [2.05, 4.69) is 4.98 Å². The van der Waals surface area contributed by atoms with Gasteiger partial charge in [0.15, 0.2) is 0 Å². The van der Waals surface area contributed by atoms with Crippen molar-refractivity contribution < 1.29 is 13.9 Å². The molecule has 0 bridgehead atoms. The summed E-state index contributed by atoms with van der Waals surface area (Å²) in [6.07, 6.45) is 1.25. The third-order valence-electron chi connectivity index (χ3n) is 2.95. The number of ether oxygens (including phenoxy) is 1. The van der Waals surface area contributed by atoms with E-state index in [4.69, 9.17) is 4.74 Å². The molecule has 4 nitrogen and oxygen atoms in total. The summed E-state index contributed by atoms with van der Waals surface area (Å²) in [5.74, 6) is -0.126. The second-order valence-corrected chi connectivity index (χ2v) is 4.14. The number of aromatic nitrogens is 1. The first kappa shape index (κ1) is 11.6. The average molecular weight is 258 g/mol. The number of anilines is 1. The SMILES string of the molecule is O=C(c1ccc(F)nc1)N1CCOc2ccccc21. The summed E-state index contributed by atoms with van der Waals surface area (Å²) < 4.78 is 18.3. The minimum absolute atomic E-state index is 0.205. The van der Waals surface area contributed by atoms with Gasteiger partial charge in [-0.25, -0.2) is 4.98 Å². The van der Waals surface area contributed by atoms with E-state index < -0.39 is 5.95 Å². The maximum absolute atomic E-state index is 12.8. The van der Waals surface area contributed by atoms with Gasteiger partial charge >= 0.3 is 0 Å². The quantitative estimate of drug-likeness (QED) is 0.737. The van der Waals surface area contributed by atoms with Crippen molar-refractivity contribution in [3.05, 3.63) is 54.1 Å². The van der Waals surface area contributed by atoms with Gasteiger partial charge in [0, 0.05) is 6.20 Å². The Kier molecular flexibility index (Phi) is 2.87. The molecule has 0 aliphatic carbocycles. The van der Waals surface area contributed by atoms with Crippen molar-refractivity contribution in [3.8, 4) is 5.75 Å². The Morgan fingerprint density at radius 1 is 1.26 bits per heavy atom. The normalized spacial score (nSPS) is 13.6. The smallest absolute Gasteiger partial charge is 0.260 e. The number of pyridine rings is 1. The summed E-state index contributed by atoms with van der Waals surface area (Å²) in [4.78, 5) is 17.5. The topological polar surface area (TPSA) is 42.4 Å². The van der Waals surface area contributed by atoms with Gasteiger partial charge < -0.3 is 9.64 Å². The van der Waals surface area contributed by atoms with Gasteiger partial charge in [0.1, 0.15) is 12.4 Å². The lowest BCUT2D eigenvalue weighted by Crippen LogP contribution is -2.37. The van der Waals surface area contributed by atoms with Gasteiger partial charge in [-0.2, -0.15) is 4.39 Å². The van der Waals surface area contributed by atoms with Gasteiger partial charge in [0.25, 0.3) is 5.91 Å². The molecule has 0 saturated heterocycles. The zero-order chi connectivity index (χ0) is 13.2. The van der Waals surface area contributed by atoms with Crippen molar-refractivity contribution in [2.45, 2.75) is 0 Å². The van der Waals surface area contributed by atoms with Gasteiger partial charge in [0.2, 0.25) is 5.95 Å². The van der Waals surface area contributed by atoms with Crippen molar-refractivity contribution in [1.29, 1.82) is 0 Å². The van der Waals surface area contributed by atoms with E-state index in [1.54, 1.807) is 4.90 Å². The summed E-state index contributed by atoms with van der Waals surface area (Å²) in [6, 6.07) is 9.95. The van der Waals surface area contributed by atoms with Crippen LogP contribution in [0, 0.1) is 5.95 Å². The largest absolute Gasteiger partial charge is 0.490 e. The van der Waals surface area contributed by atoms with E-state index in [0.29, 0.717) is 24.5 Å². The molecule has 1 aromatic heterocycles. The molecular weight excluding hydrogens is 247 g/mol. The van der Waals surface area contributed by atoms with Gasteiger partial charge in [-0.15, -0.1) is 0 Å². The molecule has 1 amide bonds. The van der Waals surface area contributed by atoms with Crippen LogP contribution in [0.2, 0.25) is 0 Å². The van der Waals surface area contributed by atoms with E-state index in [1.807, 2.05) is 24.3 Å². The summed E-state index contributed by atoms with van der Waals surface area (Å²) in [7, 11) is 0. The van der Waals surface area contributed by atoms with Crippen LogP contribution in [0.15, 0.2) is 42.6 Å². The molecule has 2 heterocycles. The van der Waals surface area contributed by atoms with Crippen LogP contribution in [0.25, 0.3) is 0 Å². The maximum Gasteiger partial charge on any atom is 0.260 e. The Morgan fingerprint density at radius 2 is 2.11 bits per heavy atom. The molecule has 0 radical (unpaired) electrons. The number of hydrogen-bond acceptors (Lipinski definition) is 3. The second kappa shape index (κ2) is 4.68. The predicted molar refractivity (Wildman–Crippen MR) is 67.8 cm³/mol. The van der Waals surface area contributed by atoms with Crippen molar-refractivity contribution in [3.63, 3.8) is 0 Å². The molecule has 1 aliphatic rings. The molecule has 0 atom stereocenters. The third kappa shape index (κ3) is 2.14. The zero-order valence-corrected chi connectivity index (χ0v) is 10.0. The van der Waals surface area contributed by atoms with Crippen LogP contribution in [0.1, 0.15) is 10.4 Å². The number of halogens is 1. The van der Waals surface area contributed by atoms with E-state index in [-0.39, 0.29) is 5.91 Å². The molecule has 0 spiro atoms. The van der Waals surface area contributed by atoms with Crippen LogP contribution >= 0.6 is 0 Å². The van der Waals surface area contributed by atoms with Crippen molar-refractivity contribution >= 4 is 11.6 Å². The molecule has 5 heteroatoms. The number of fused-ring (bicyclic) bond motifs is 1. The van der Waals surface area contributed by atoms with E-state index in [0.717, 1.165) is 5.69 Å². The van der Waals surface area contributed by atoms with Gasteiger partial charge in [0.05, 0.1) is 17.8 Å². The van der Waals surface area contributed by atoms with Gasteiger partial charge in [-0.05, 0) is 24.3 Å². The zero-order valence-electron chi connectivity index (χ0n) is 10.0. The molecule has 0 N–H and O–H groups in total. The summed E-state index contributed by atoms with van der Waals surface area (Å²) >= 11 is 0. The fourth-order valence-corrected chi connectivity index (χ4v) is 2.04. The van der Waals surface area contributed by atoms with Crippen molar-refractivity contribution in [2.24, 2.45) is 0 Å². The number of para-hydroxylation sites is 2. The number of rotatable bonds is 1. The predicted octanol–water partition coefficient (Wildman–Crippen LogP) is 2.26. The Balaban J connectivity index is 1.95. The lowest BCUT2D eigenvalue weighted by atomic mass is 10.2. The fraction of sp³-hybridized carbons (Fsp3) is 0.143. The molecule has 19 heavy (non-hydrogen) atoms. The highest BCUT2D eigenvalue weighted by Gasteiger charge is 2.24. The van der Waals surface area contributed by atoms with Crippen LogP contribution in [-0.2, 0) is 0 Å². The van der Waals surface area contributed by atoms with Crippen molar-refractivity contribution in [2.75, 3.05) is 18.1 Å². The molecule has 1 aromatic carbocycles. The molecule has 1 aliphatic heterocycles. The Labute approximate surface area is 109 Å². The highest BCUT2D eigenvalue weighted by atomic mass is 19.1. The standard InChI is InChI=1S/C14H11FN2O2/c15-13-6-5-10(9-16-13)14(18)17-7-8-19-12-4-2-1-3-11(12)17/h1-6,9H,7-8H2. The number of carbonyl (C=O) groups is 1. The maximum atomic E-state index is 12.8. The average Bonchev–Trinajstić information content (AvgIpc) is 2.47. The number of nitrogens with zero attached hydrogens (tertiary/aromatic N) is 2. The first-order valence-electron chi connectivity index (χ1n) is 5.91. The van der Waals surface area contributed by atoms with E-state index >= 15 is 0 Å². The van der Waals surface area contributed by atoms with Crippen LogP contribution < -0.4 is 9.64 Å². The highest BCUT2D eigenvalue weighted by molar-refractivity contribution is 6.06.